The molecule has 2 amide bonds. The van der Waals surface area contributed by atoms with Crippen molar-refractivity contribution in [1.29, 1.82) is 0 Å². The molecule has 1 aliphatic rings. The summed E-state index contributed by atoms with van der Waals surface area (Å²) in [5, 5.41) is 17.8. The van der Waals surface area contributed by atoms with Crippen LogP contribution in [0.1, 0.15) is 37.9 Å². The molecular weight excluding hydrogens is 404 g/mol. The van der Waals surface area contributed by atoms with Crippen molar-refractivity contribution >= 4 is 28.9 Å². The molecule has 7 heteroatoms. The Labute approximate surface area is 183 Å². The summed E-state index contributed by atoms with van der Waals surface area (Å²) in [7, 11) is 0. The molecule has 0 fully saturated rings. The van der Waals surface area contributed by atoms with E-state index in [0.717, 1.165) is 16.8 Å². The molecule has 5 rings (SSSR count). The van der Waals surface area contributed by atoms with Crippen molar-refractivity contribution in [1.82, 2.24) is 15.7 Å². The molecule has 158 valence electrons. The number of rotatable bonds is 5. The number of amides is 2. The fourth-order valence-corrected chi connectivity index (χ4v) is 3.93. The van der Waals surface area contributed by atoms with Gasteiger partial charge < -0.3 is 15.4 Å². The fraction of sp³-hybridized carbons (Fsp3) is 0.0800. The van der Waals surface area contributed by atoms with Crippen molar-refractivity contribution < 1.29 is 14.7 Å². The van der Waals surface area contributed by atoms with Gasteiger partial charge in [-0.1, -0.05) is 60.7 Å². The second kappa shape index (κ2) is 8.13. The minimum Gasteiger partial charge on any atom is -0.387 e. The van der Waals surface area contributed by atoms with Crippen LogP contribution in [0.25, 0.3) is 22.2 Å². The Morgan fingerprint density at radius 1 is 1.03 bits per heavy atom. The largest absolute Gasteiger partial charge is 0.387 e. The van der Waals surface area contributed by atoms with Crippen molar-refractivity contribution in [2.45, 2.75) is 6.10 Å². The number of aromatic nitrogens is 1. The van der Waals surface area contributed by atoms with Gasteiger partial charge in [0.1, 0.15) is 0 Å². The Balaban J connectivity index is 1.51. The monoisotopic (exact) mass is 424 g/mol. The molecule has 0 spiro atoms. The van der Waals surface area contributed by atoms with E-state index in [-0.39, 0.29) is 18.4 Å². The van der Waals surface area contributed by atoms with E-state index in [0.29, 0.717) is 27.6 Å². The average Bonchev–Trinajstić information content (AvgIpc) is 3.12. The molecule has 2 heterocycles. The standard InChI is InChI=1S/C25H20N4O3/c30-21(15-7-3-1-4-8-15)14-26-24(31)17-11-18-22-19(13-27-29-25(18)32)23(28-20(22)12-17)16-9-5-2-6-10-16/h1-13,21,28,30H,14H2,(H,26,31)(H,29,32). The number of aliphatic hydroxyl groups excluding tert-OH is 1. The van der Waals surface area contributed by atoms with Gasteiger partial charge in [-0.2, -0.15) is 5.10 Å². The van der Waals surface area contributed by atoms with Gasteiger partial charge in [0.15, 0.2) is 0 Å². The average molecular weight is 424 g/mol. The van der Waals surface area contributed by atoms with E-state index >= 15 is 0 Å². The van der Waals surface area contributed by atoms with Crippen LogP contribution < -0.4 is 10.7 Å². The van der Waals surface area contributed by atoms with E-state index in [9.17, 15) is 14.7 Å². The smallest absolute Gasteiger partial charge is 0.272 e. The van der Waals surface area contributed by atoms with Gasteiger partial charge in [0.05, 0.1) is 23.6 Å². The lowest BCUT2D eigenvalue weighted by Gasteiger charge is -2.13. The van der Waals surface area contributed by atoms with Crippen LogP contribution in [0.5, 0.6) is 0 Å². The molecule has 1 aliphatic heterocycles. The van der Waals surface area contributed by atoms with Crippen LogP contribution in [-0.2, 0) is 0 Å². The Bertz CT molecular complexity index is 1340. The van der Waals surface area contributed by atoms with Crippen LogP contribution in [0.4, 0.5) is 0 Å². The maximum Gasteiger partial charge on any atom is 0.272 e. The summed E-state index contributed by atoms with van der Waals surface area (Å²) in [4.78, 5) is 28.9. The van der Waals surface area contributed by atoms with Crippen LogP contribution in [-0.4, -0.2) is 34.7 Å². The number of benzene rings is 3. The van der Waals surface area contributed by atoms with Gasteiger partial charge in [0, 0.05) is 28.6 Å². The van der Waals surface area contributed by atoms with Crippen molar-refractivity contribution in [3.05, 3.63) is 95.1 Å². The van der Waals surface area contributed by atoms with Crippen LogP contribution >= 0.6 is 0 Å². The first-order valence-corrected chi connectivity index (χ1v) is 10.2. The number of nitrogens with one attached hydrogen (secondary N) is 3. The zero-order chi connectivity index (χ0) is 22.1. The third-order valence-corrected chi connectivity index (χ3v) is 5.51. The molecule has 1 aromatic heterocycles. The van der Waals surface area contributed by atoms with Crippen molar-refractivity contribution in [2.24, 2.45) is 5.10 Å². The molecule has 0 bridgehead atoms. The molecule has 0 saturated carbocycles. The summed E-state index contributed by atoms with van der Waals surface area (Å²) in [6, 6.07) is 22.1. The highest BCUT2D eigenvalue weighted by Crippen LogP contribution is 2.33. The number of hydrogen-bond acceptors (Lipinski definition) is 4. The van der Waals surface area contributed by atoms with Gasteiger partial charge in [-0.25, -0.2) is 5.43 Å². The Hall–Kier alpha value is -4.23. The predicted molar refractivity (Wildman–Crippen MR) is 123 cm³/mol. The molecule has 4 N–H and O–H groups in total. The number of carbonyl (C=O) groups excluding carboxylic acids is 2. The second-order valence-electron chi connectivity index (χ2n) is 7.56. The summed E-state index contributed by atoms with van der Waals surface area (Å²) < 4.78 is 0. The number of hydrogen-bond donors (Lipinski definition) is 4. The number of aliphatic hydroxyl groups is 1. The summed E-state index contributed by atoms with van der Waals surface area (Å²) in [6.07, 6.45) is 0.787. The molecule has 1 atom stereocenters. The topological polar surface area (TPSA) is 107 Å². The molecule has 3 aromatic carbocycles. The van der Waals surface area contributed by atoms with E-state index in [2.05, 4.69) is 20.8 Å². The Kier molecular flexibility index (Phi) is 5.01. The van der Waals surface area contributed by atoms with E-state index < -0.39 is 6.10 Å². The van der Waals surface area contributed by atoms with Gasteiger partial charge >= 0.3 is 0 Å². The van der Waals surface area contributed by atoms with Crippen LogP contribution in [0, 0.1) is 0 Å². The summed E-state index contributed by atoms with van der Waals surface area (Å²) in [5.74, 6) is -0.768. The number of hydrazone groups is 1. The fourth-order valence-electron chi connectivity index (χ4n) is 3.93. The normalized spacial score (nSPS) is 13.5. The first-order valence-electron chi connectivity index (χ1n) is 10.2. The lowest BCUT2D eigenvalue weighted by Crippen LogP contribution is -2.28. The molecule has 0 radical (unpaired) electrons. The second-order valence-corrected chi connectivity index (χ2v) is 7.56. The van der Waals surface area contributed by atoms with Crippen molar-refractivity contribution in [2.75, 3.05) is 6.54 Å². The highest BCUT2D eigenvalue weighted by atomic mass is 16.3. The van der Waals surface area contributed by atoms with E-state index in [1.54, 1.807) is 30.5 Å². The predicted octanol–water partition coefficient (Wildman–Crippen LogP) is 3.38. The van der Waals surface area contributed by atoms with E-state index in [1.807, 2.05) is 48.5 Å². The lowest BCUT2D eigenvalue weighted by molar-refractivity contribution is 0.0916. The number of nitrogens with zero attached hydrogens (tertiary/aromatic N) is 1. The minimum atomic E-state index is -0.830. The third kappa shape index (κ3) is 3.55. The van der Waals surface area contributed by atoms with Crippen molar-refractivity contribution in [3.8, 4) is 11.3 Å². The van der Waals surface area contributed by atoms with Crippen molar-refractivity contribution in [3.63, 3.8) is 0 Å². The maximum atomic E-state index is 12.9. The van der Waals surface area contributed by atoms with Crippen LogP contribution in [0.3, 0.4) is 0 Å². The highest BCUT2D eigenvalue weighted by molar-refractivity contribution is 6.18. The molecular formula is C25H20N4O3. The van der Waals surface area contributed by atoms with Gasteiger partial charge in [-0.3, -0.25) is 9.59 Å². The van der Waals surface area contributed by atoms with E-state index in [4.69, 9.17) is 0 Å². The molecule has 4 aromatic rings. The quantitative estimate of drug-likeness (QED) is 0.395. The third-order valence-electron chi connectivity index (χ3n) is 5.51. The molecule has 0 aliphatic carbocycles. The summed E-state index contributed by atoms with van der Waals surface area (Å²) >= 11 is 0. The van der Waals surface area contributed by atoms with E-state index in [1.165, 1.54) is 0 Å². The lowest BCUT2D eigenvalue weighted by atomic mass is 10.00. The number of aromatic amines is 1. The first-order chi connectivity index (χ1) is 15.6. The summed E-state index contributed by atoms with van der Waals surface area (Å²) in [6.45, 7) is 0.0523. The first kappa shape index (κ1) is 19.7. The highest BCUT2D eigenvalue weighted by Gasteiger charge is 2.23. The Morgan fingerprint density at radius 3 is 2.50 bits per heavy atom. The molecule has 32 heavy (non-hydrogen) atoms. The maximum absolute atomic E-state index is 12.9. The summed E-state index contributed by atoms with van der Waals surface area (Å²) in [5.41, 5.74) is 7.10. The number of H-pyrrole nitrogens is 1. The van der Waals surface area contributed by atoms with Crippen LogP contribution in [0.15, 0.2) is 77.9 Å². The van der Waals surface area contributed by atoms with Gasteiger partial charge in [0.2, 0.25) is 0 Å². The minimum absolute atomic E-state index is 0.0523. The molecule has 7 nitrogen and oxygen atoms in total. The SMILES string of the molecule is O=C(NCC(O)c1ccccc1)c1cc2c3c(c(-c4ccccc4)[nH]c3c1)C=NNC2=O. The van der Waals surface area contributed by atoms with Gasteiger partial charge in [-0.15, -0.1) is 0 Å². The van der Waals surface area contributed by atoms with Gasteiger partial charge in [-0.05, 0) is 23.3 Å². The number of carbonyl (C=O) groups is 2. The Morgan fingerprint density at radius 2 is 1.75 bits per heavy atom. The zero-order valence-electron chi connectivity index (χ0n) is 17.0. The molecule has 0 saturated heterocycles. The molecule has 1 unspecified atom stereocenters. The zero-order valence-corrected chi connectivity index (χ0v) is 17.0. The van der Waals surface area contributed by atoms with Crippen LogP contribution in [0.2, 0.25) is 0 Å². The van der Waals surface area contributed by atoms with Gasteiger partial charge in [0.25, 0.3) is 11.8 Å².